The second kappa shape index (κ2) is 8.07. The van der Waals surface area contributed by atoms with Gasteiger partial charge in [0.25, 0.3) is 10.0 Å². The van der Waals surface area contributed by atoms with Crippen LogP contribution in [0.25, 0.3) is 11.1 Å². The van der Waals surface area contributed by atoms with E-state index in [1.165, 1.54) is 19.3 Å². The molecule has 0 aromatic heterocycles. The van der Waals surface area contributed by atoms with Crippen LogP contribution in [0.4, 0.5) is 11.4 Å². The molecule has 3 aromatic carbocycles. The molecule has 1 heterocycles. The number of anilines is 2. The van der Waals surface area contributed by atoms with Gasteiger partial charge in [0.1, 0.15) is 0 Å². The molecule has 144 valence electrons. The van der Waals surface area contributed by atoms with Crippen LogP contribution in [0.15, 0.2) is 83.8 Å². The normalized spacial score (nSPS) is 14.6. The van der Waals surface area contributed by atoms with E-state index in [2.05, 4.69) is 9.62 Å². The predicted octanol–water partition coefficient (Wildman–Crippen LogP) is 5.14. The van der Waals surface area contributed by atoms with E-state index in [9.17, 15) is 8.42 Å². The van der Waals surface area contributed by atoms with Gasteiger partial charge in [0.2, 0.25) is 0 Å². The summed E-state index contributed by atoms with van der Waals surface area (Å²) in [6.45, 7) is 2.14. The molecule has 5 heteroatoms. The lowest BCUT2D eigenvalue weighted by atomic mass is 10.1. The molecule has 1 fully saturated rings. The molecule has 1 N–H and O–H groups in total. The summed E-state index contributed by atoms with van der Waals surface area (Å²) >= 11 is 0. The lowest BCUT2D eigenvalue weighted by Gasteiger charge is -2.28. The average molecular weight is 393 g/mol. The maximum absolute atomic E-state index is 12.7. The Labute approximate surface area is 166 Å². The Kier molecular flexibility index (Phi) is 5.35. The molecule has 0 radical (unpaired) electrons. The minimum atomic E-state index is -3.61. The predicted molar refractivity (Wildman–Crippen MR) is 115 cm³/mol. The number of nitrogens with one attached hydrogen (secondary N) is 1. The van der Waals surface area contributed by atoms with Crippen molar-refractivity contribution in [2.45, 2.75) is 24.2 Å². The van der Waals surface area contributed by atoms with Gasteiger partial charge in [0.05, 0.1) is 4.90 Å². The zero-order valence-corrected chi connectivity index (χ0v) is 16.5. The second-order valence-corrected chi connectivity index (χ2v) is 8.77. The van der Waals surface area contributed by atoms with Gasteiger partial charge in [-0.3, -0.25) is 4.72 Å². The van der Waals surface area contributed by atoms with E-state index in [1.54, 1.807) is 12.1 Å². The van der Waals surface area contributed by atoms with Crippen LogP contribution in [-0.2, 0) is 10.0 Å². The van der Waals surface area contributed by atoms with Crippen LogP contribution in [-0.4, -0.2) is 21.5 Å². The summed E-state index contributed by atoms with van der Waals surface area (Å²) in [5.74, 6) is 0. The van der Waals surface area contributed by atoms with Gasteiger partial charge in [-0.2, -0.15) is 0 Å². The smallest absolute Gasteiger partial charge is 0.261 e. The molecule has 0 atom stereocenters. The van der Waals surface area contributed by atoms with Crippen molar-refractivity contribution in [3.63, 3.8) is 0 Å². The number of benzene rings is 3. The summed E-state index contributed by atoms with van der Waals surface area (Å²) in [5, 5.41) is 0. The first-order valence-electron chi connectivity index (χ1n) is 9.65. The van der Waals surface area contributed by atoms with Crippen molar-refractivity contribution >= 4 is 21.4 Å². The van der Waals surface area contributed by atoms with E-state index in [0.29, 0.717) is 5.69 Å². The molecule has 0 saturated carbocycles. The van der Waals surface area contributed by atoms with E-state index in [1.807, 2.05) is 66.7 Å². The van der Waals surface area contributed by atoms with E-state index < -0.39 is 10.0 Å². The quantitative estimate of drug-likeness (QED) is 0.654. The zero-order chi connectivity index (χ0) is 19.4. The third-order valence-electron chi connectivity index (χ3n) is 5.11. The van der Waals surface area contributed by atoms with Crippen molar-refractivity contribution in [3.8, 4) is 11.1 Å². The first-order valence-corrected chi connectivity index (χ1v) is 11.1. The van der Waals surface area contributed by atoms with Crippen molar-refractivity contribution in [1.29, 1.82) is 0 Å². The molecule has 1 aliphatic heterocycles. The third kappa shape index (κ3) is 4.20. The largest absolute Gasteiger partial charge is 0.372 e. The molecule has 0 spiro atoms. The maximum atomic E-state index is 12.7. The minimum Gasteiger partial charge on any atom is -0.372 e. The van der Waals surface area contributed by atoms with Crippen LogP contribution in [0.3, 0.4) is 0 Å². The lowest BCUT2D eigenvalue weighted by Crippen LogP contribution is -2.29. The highest BCUT2D eigenvalue weighted by atomic mass is 32.2. The van der Waals surface area contributed by atoms with Crippen LogP contribution in [0, 0.1) is 0 Å². The Bertz CT molecular complexity index is 1010. The number of hydrogen-bond acceptors (Lipinski definition) is 3. The molecule has 0 unspecified atom stereocenters. The Morgan fingerprint density at radius 1 is 0.679 bits per heavy atom. The van der Waals surface area contributed by atoms with Crippen LogP contribution in [0.5, 0.6) is 0 Å². The molecule has 4 nitrogen and oxygen atoms in total. The van der Waals surface area contributed by atoms with E-state index in [-0.39, 0.29) is 4.90 Å². The van der Waals surface area contributed by atoms with Gasteiger partial charge >= 0.3 is 0 Å². The van der Waals surface area contributed by atoms with Crippen molar-refractivity contribution < 1.29 is 8.42 Å². The fourth-order valence-electron chi connectivity index (χ4n) is 3.56. The first-order chi connectivity index (χ1) is 13.6. The summed E-state index contributed by atoms with van der Waals surface area (Å²) in [6, 6.07) is 24.5. The van der Waals surface area contributed by atoms with Gasteiger partial charge in [0.15, 0.2) is 0 Å². The summed E-state index contributed by atoms with van der Waals surface area (Å²) in [7, 11) is -3.61. The molecule has 3 aromatic rings. The van der Waals surface area contributed by atoms with Gasteiger partial charge in [-0.05, 0) is 66.8 Å². The van der Waals surface area contributed by atoms with Crippen LogP contribution >= 0.6 is 0 Å². The van der Waals surface area contributed by atoms with Gasteiger partial charge in [0, 0.05) is 24.5 Å². The second-order valence-electron chi connectivity index (χ2n) is 7.09. The Hall–Kier alpha value is -2.79. The molecular weight excluding hydrogens is 368 g/mol. The van der Waals surface area contributed by atoms with Crippen molar-refractivity contribution in [2.75, 3.05) is 22.7 Å². The molecule has 4 rings (SSSR count). The lowest BCUT2D eigenvalue weighted by molar-refractivity contribution is 0.578. The fourth-order valence-corrected chi connectivity index (χ4v) is 4.62. The topological polar surface area (TPSA) is 49.4 Å². The third-order valence-corrected chi connectivity index (χ3v) is 6.51. The van der Waals surface area contributed by atoms with E-state index in [0.717, 1.165) is 29.9 Å². The van der Waals surface area contributed by atoms with Gasteiger partial charge in [-0.25, -0.2) is 8.42 Å². The molecule has 0 aliphatic carbocycles. The van der Waals surface area contributed by atoms with Crippen LogP contribution in [0.1, 0.15) is 19.3 Å². The first kappa shape index (κ1) is 18.6. The minimum absolute atomic E-state index is 0.257. The summed E-state index contributed by atoms with van der Waals surface area (Å²) in [5.41, 5.74) is 3.78. The average Bonchev–Trinajstić information content (AvgIpc) is 2.75. The highest BCUT2D eigenvalue weighted by molar-refractivity contribution is 7.92. The monoisotopic (exact) mass is 392 g/mol. The zero-order valence-electron chi connectivity index (χ0n) is 15.7. The van der Waals surface area contributed by atoms with Crippen molar-refractivity contribution in [3.05, 3.63) is 78.9 Å². The van der Waals surface area contributed by atoms with E-state index in [4.69, 9.17) is 0 Å². The fraction of sp³-hybridized carbons (Fsp3) is 0.217. The van der Waals surface area contributed by atoms with Crippen LogP contribution in [0.2, 0.25) is 0 Å². The molecule has 0 bridgehead atoms. The summed E-state index contributed by atoms with van der Waals surface area (Å²) in [6.07, 6.45) is 3.72. The summed E-state index contributed by atoms with van der Waals surface area (Å²) in [4.78, 5) is 2.61. The van der Waals surface area contributed by atoms with Crippen molar-refractivity contribution in [2.24, 2.45) is 0 Å². The molecular formula is C23H24N2O2S. The molecule has 1 aliphatic rings. The number of nitrogens with zero attached hydrogens (tertiary/aromatic N) is 1. The van der Waals surface area contributed by atoms with Gasteiger partial charge in [-0.1, -0.05) is 42.5 Å². The number of rotatable bonds is 5. The highest BCUT2D eigenvalue weighted by Crippen LogP contribution is 2.25. The van der Waals surface area contributed by atoms with Crippen molar-refractivity contribution in [1.82, 2.24) is 0 Å². The molecule has 1 saturated heterocycles. The Morgan fingerprint density at radius 3 is 1.93 bits per heavy atom. The van der Waals surface area contributed by atoms with Crippen LogP contribution < -0.4 is 9.62 Å². The molecule has 28 heavy (non-hydrogen) atoms. The Morgan fingerprint density at radius 2 is 1.29 bits per heavy atom. The number of sulfonamides is 1. The number of hydrogen-bond donors (Lipinski definition) is 1. The molecule has 0 amide bonds. The standard InChI is InChI=1S/C23H24N2O2S/c26-28(27,23-15-9-20(10-16-23)19-7-3-1-4-8-19)24-21-11-13-22(14-12-21)25-17-5-2-6-18-25/h1,3-4,7-16,24H,2,5-6,17-18H2. The SMILES string of the molecule is O=S(=O)(Nc1ccc(N2CCCCC2)cc1)c1ccc(-c2ccccc2)cc1. The van der Waals surface area contributed by atoms with E-state index >= 15 is 0 Å². The Balaban J connectivity index is 1.48. The summed E-state index contributed by atoms with van der Waals surface area (Å²) < 4.78 is 28.1. The maximum Gasteiger partial charge on any atom is 0.261 e. The number of piperidine rings is 1. The van der Waals surface area contributed by atoms with Gasteiger partial charge < -0.3 is 4.90 Å². The highest BCUT2D eigenvalue weighted by Gasteiger charge is 2.15. The van der Waals surface area contributed by atoms with Gasteiger partial charge in [-0.15, -0.1) is 0 Å².